The van der Waals surface area contributed by atoms with Gasteiger partial charge in [-0.3, -0.25) is 10.1 Å². The molecule has 0 aliphatic rings. The Morgan fingerprint density at radius 2 is 1.61 bits per heavy atom. The van der Waals surface area contributed by atoms with Gasteiger partial charge in [0.2, 0.25) is 15.9 Å². The molecule has 6 nitrogen and oxygen atoms in total. The quantitative estimate of drug-likeness (QED) is 0.403. The SMILES string of the molecule is CCCN(CCC)S(=O)(=O)c1ccc(NC(=S)NC(=O)/C=C/c2ccc(Cl)cc2)cc1. The van der Waals surface area contributed by atoms with E-state index in [1.165, 1.54) is 22.5 Å². The van der Waals surface area contributed by atoms with Gasteiger partial charge in [0.15, 0.2) is 5.11 Å². The lowest BCUT2D eigenvalue weighted by Gasteiger charge is -2.21. The summed E-state index contributed by atoms with van der Waals surface area (Å²) < 4.78 is 27.1. The number of sulfonamides is 1. The van der Waals surface area contributed by atoms with Crippen LogP contribution >= 0.6 is 23.8 Å². The average Bonchev–Trinajstić information content (AvgIpc) is 2.73. The highest BCUT2D eigenvalue weighted by atomic mass is 35.5. The minimum absolute atomic E-state index is 0.111. The molecule has 166 valence electrons. The molecule has 0 atom stereocenters. The van der Waals surface area contributed by atoms with Crippen molar-refractivity contribution in [3.8, 4) is 0 Å². The molecular weight excluding hydrogens is 454 g/mol. The number of thiocarbonyl (C=S) groups is 1. The predicted molar refractivity (Wildman–Crippen MR) is 131 cm³/mol. The molecule has 31 heavy (non-hydrogen) atoms. The van der Waals surface area contributed by atoms with E-state index in [2.05, 4.69) is 10.6 Å². The standard InChI is InChI=1S/C22H26ClN3O3S2/c1-3-15-26(16-4-2)31(28,29)20-12-10-19(11-13-20)24-22(30)25-21(27)14-7-17-5-8-18(23)9-6-17/h5-14H,3-4,15-16H2,1-2H3,(H2,24,25,27,30)/b14-7+. The molecule has 0 fully saturated rings. The van der Waals surface area contributed by atoms with E-state index in [4.69, 9.17) is 23.8 Å². The highest BCUT2D eigenvalue weighted by Gasteiger charge is 2.22. The van der Waals surface area contributed by atoms with Crippen molar-refractivity contribution in [3.63, 3.8) is 0 Å². The van der Waals surface area contributed by atoms with Crippen LogP contribution in [0.25, 0.3) is 6.08 Å². The molecule has 0 radical (unpaired) electrons. The Balaban J connectivity index is 1.96. The molecule has 0 saturated heterocycles. The second-order valence-electron chi connectivity index (χ2n) is 6.76. The van der Waals surface area contributed by atoms with Gasteiger partial charge in [0.25, 0.3) is 0 Å². The maximum Gasteiger partial charge on any atom is 0.250 e. The van der Waals surface area contributed by atoms with Crippen LogP contribution in [-0.2, 0) is 14.8 Å². The summed E-state index contributed by atoms with van der Waals surface area (Å²) in [5.41, 5.74) is 1.40. The number of hydrogen-bond acceptors (Lipinski definition) is 4. The fourth-order valence-electron chi connectivity index (χ4n) is 2.77. The van der Waals surface area contributed by atoms with Crippen molar-refractivity contribution < 1.29 is 13.2 Å². The molecule has 1 amide bonds. The summed E-state index contributed by atoms with van der Waals surface area (Å²) in [7, 11) is -3.54. The van der Waals surface area contributed by atoms with Crippen LogP contribution in [-0.4, -0.2) is 36.8 Å². The van der Waals surface area contributed by atoms with Crippen LogP contribution in [0.3, 0.4) is 0 Å². The first-order valence-corrected chi connectivity index (χ1v) is 12.1. The van der Waals surface area contributed by atoms with E-state index in [1.807, 2.05) is 13.8 Å². The summed E-state index contributed by atoms with van der Waals surface area (Å²) in [5, 5.41) is 6.16. The van der Waals surface area contributed by atoms with Gasteiger partial charge < -0.3 is 5.32 Å². The van der Waals surface area contributed by atoms with E-state index < -0.39 is 10.0 Å². The zero-order valence-corrected chi connectivity index (χ0v) is 19.9. The molecule has 0 aliphatic heterocycles. The second-order valence-corrected chi connectivity index (χ2v) is 9.54. The zero-order valence-electron chi connectivity index (χ0n) is 17.5. The molecule has 0 unspecified atom stereocenters. The molecule has 0 aromatic heterocycles. The van der Waals surface area contributed by atoms with Crippen LogP contribution < -0.4 is 10.6 Å². The number of anilines is 1. The first kappa shape index (κ1) is 25.0. The summed E-state index contributed by atoms with van der Waals surface area (Å²) in [6.45, 7) is 4.86. The highest BCUT2D eigenvalue weighted by Crippen LogP contribution is 2.19. The number of benzene rings is 2. The Labute approximate surface area is 194 Å². The van der Waals surface area contributed by atoms with E-state index >= 15 is 0 Å². The lowest BCUT2D eigenvalue weighted by molar-refractivity contribution is -0.115. The summed E-state index contributed by atoms with van der Waals surface area (Å²) in [5.74, 6) is -0.388. The lowest BCUT2D eigenvalue weighted by atomic mass is 10.2. The summed E-state index contributed by atoms with van der Waals surface area (Å²) in [6.07, 6.45) is 4.51. The lowest BCUT2D eigenvalue weighted by Crippen LogP contribution is -2.33. The molecule has 0 aliphatic carbocycles. The van der Waals surface area contributed by atoms with Crippen molar-refractivity contribution in [1.29, 1.82) is 0 Å². The van der Waals surface area contributed by atoms with Gasteiger partial charge in [-0.05, 0) is 73.1 Å². The fraction of sp³-hybridized carbons (Fsp3) is 0.273. The molecule has 0 saturated carbocycles. The first-order valence-electron chi connectivity index (χ1n) is 9.92. The summed E-state index contributed by atoms with van der Waals surface area (Å²) in [6, 6.07) is 13.3. The van der Waals surface area contributed by atoms with Gasteiger partial charge in [0.1, 0.15) is 0 Å². The van der Waals surface area contributed by atoms with E-state index in [0.29, 0.717) is 23.8 Å². The third kappa shape index (κ3) is 7.74. The van der Waals surface area contributed by atoms with Gasteiger partial charge in [0.05, 0.1) is 4.90 Å². The van der Waals surface area contributed by atoms with Crippen LogP contribution in [0.5, 0.6) is 0 Å². The van der Waals surface area contributed by atoms with E-state index in [9.17, 15) is 13.2 Å². The molecule has 2 aromatic carbocycles. The van der Waals surface area contributed by atoms with Gasteiger partial charge in [-0.15, -0.1) is 0 Å². The third-order valence-corrected chi connectivity index (χ3v) is 6.60. The van der Waals surface area contributed by atoms with Crippen molar-refractivity contribution in [1.82, 2.24) is 9.62 Å². The van der Waals surface area contributed by atoms with Crippen molar-refractivity contribution in [2.75, 3.05) is 18.4 Å². The smallest absolute Gasteiger partial charge is 0.250 e. The largest absolute Gasteiger partial charge is 0.332 e. The van der Waals surface area contributed by atoms with Gasteiger partial charge in [0, 0.05) is 29.9 Å². The first-order chi connectivity index (χ1) is 14.8. The second kappa shape index (κ2) is 12.0. The van der Waals surface area contributed by atoms with Crippen molar-refractivity contribution >= 4 is 56.6 Å². The van der Waals surface area contributed by atoms with E-state index in [-0.39, 0.29) is 15.9 Å². The van der Waals surface area contributed by atoms with Crippen LogP contribution in [0.15, 0.2) is 59.5 Å². The molecule has 2 N–H and O–H groups in total. The normalized spacial score (nSPS) is 11.6. The maximum atomic E-state index is 12.8. The zero-order chi connectivity index (χ0) is 22.9. The maximum absolute atomic E-state index is 12.8. The van der Waals surface area contributed by atoms with Crippen LogP contribution in [0, 0.1) is 0 Å². The van der Waals surface area contributed by atoms with Gasteiger partial charge in [-0.1, -0.05) is 37.6 Å². The molecule has 2 rings (SSSR count). The number of nitrogens with one attached hydrogen (secondary N) is 2. The number of rotatable bonds is 9. The number of halogens is 1. The Morgan fingerprint density at radius 3 is 2.16 bits per heavy atom. The van der Waals surface area contributed by atoms with Crippen molar-refractivity contribution in [2.45, 2.75) is 31.6 Å². The number of amides is 1. The summed E-state index contributed by atoms with van der Waals surface area (Å²) in [4.78, 5) is 12.3. The monoisotopic (exact) mass is 479 g/mol. The Morgan fingerprint density at radius 1 is 1.03 bits per heavy atom. The third-order valence-electron chi connectivity index (χ3n) is 4.23. The highest BCUT2D eigenvalue weighted by molar-refractivity contribution is 7.89. The Kier molecular flexibility index (Phi) is 9.64. The van der Waals surface area contributed by atoms with E-state index in [1.54, 1.807) is 42.5 Å². The van der Waals surface area contributed by atoms with E-state index in [0.717, 1.165) is 18.4 Å². The van der Waals surface area contributed by atoms with Crippen LogP contribution in [0.4, 0.5) is 5.69 Å². The Bertz CT molecular complexity index is 1010. The van der Waals surface area contributed by atoms with Crippen LogP contribution in [0.1, 0.15) is 32.3 Å². The van der Waals surface area contributed by atoms with Crippen LogP contribution in [0.2, 0.25) is 5.02 Å². The average molecular weight is 480 g/mol. The van der Waals surface area contributed by atoms with Crippen molar-refractivity contribution in [3.05, 3.63) is 65.2 Å². The summed E-state index contributed by atoms with van der Waals surface area (Å²) >= 11 is 11.0. The minimum Gasteiger partial charge on any atom is -0.332 e. The minimum atomic E-state index is -3.54. The topological polar surface area (TPSA) is 78.5 Å². The molecule has 9 heteroatoms. The predicted octanol–water partition coefficient (Wildman–Crippen LogP) is 4.68. The number of nitrogens with zero attached hydrogens (tertiary/aromatic N) is 1. The van der Waals surface area contributed by atoms with Gasteiger partial charge >= 0.3 is 0 Å². The van der Waals surface area contributed by atoms with Gasteiger partial charge in [-0.25, -0.2) is 8.42 Å². The number of carbonyl (C=O) groups excluding carboxylic acids is 1. The molecule has 2 aromatic rings. The molecule has 0 heterocycles. The number of carbonyl (C=O) groups is 1. The fourth-order valence-corrected chi connectivity index (χ4v) is 4.74. The Hall–Kier alpha value is -2.26. The number of hydrogen-bond donors (Lipinski definition) is 2. The molecule has 0 bridgehead atoms. The molecular formula is C22H26ClN3O3S2. The molecule has 0 spiro atoms. The van der Waals surface area contributed by atoms with Gasteiger partial charge in [-0.2, -0.15) is 4.31 Å². The van der Waals surface area contributed by atoms with Crippen molar-refractivity contribution in [2.24, 2.45) is 0 Å².